The summed E-state index contributed by atoms with van der Waals surface area (Å²) in [5.41, 5.74) is 5.04. The van der Waals surface area contributed by atoms with Gasteiger partial charge < -0.3 is 15.4 Å². The first kappa shape index (κ1) is 15.9. The second kappa shape index (κ2) is 5.56. The van der Waals surface area contributed by atoms with E-state index < -0.39 is 11.4 Å². The van der Waals surface area contributed by atoms with Gasteiger partial charge in [-0.3, -0.25) is 9.59 Å². The Balaban J connectivity index is 1.94. The number of nitrogens with two attached hydrogens (primary N) is 1. The highest BCUT2D eigenvalue weighted by atomic mass is 16.5. The summed E-state index contributed by atoms with van der Waals surface area (Å²) in [6.07, 6.45) is 5.14. The average Bonchev–Trinajstić information content (AvgIpc) is 3.00. The molecule has 2 saturated heterocycles. The van der Waals surface area contributed by atoms with Crippen molar-refractivity contribution in [2.45, 2.75) is 56.8 Å². The summed E-state index contributed by atoms with van der Waals surface area (Å²) >= 11 is 0. The number of likely N-dealkylation sites (tertiary alicyclic amines) is 1. The van der Waals surface area contributed by atoms with Crippen LogP contribution in [0.5, 0.6) is 0 Å². The molecule has 124 valence electrons. The lowest BCUT2D eigenvalue weighted by Crippen LogP contribution is -2.53. The fraction of sp³-hybridized carbons (Fsp3) is 0.625. The van der Waals surface area contributed by atoms with Gasteiger partial charge in [0, 0.05) is 13.0 Å². The molecule has 3 heterocycles. The molecular formula is C16H22N4O3. The Bertz CT molecular complexity index is 619. The Morgan fingerprint density at radius 1 is 1.43 bits per heavy atom. The van der Waals surface area contributed by atoms with Crippen LogP contribution in [0.1, 0.15) is 49.9 Å². The predicted molar refractivity (Wildman–Crippen MR) is 82.4 cm³/mol. The Morgan fingerprint density at radius 2 is 2.22 bits per heavy atom. The second-order valence-electron chi connectivity index (χ2n) is 7.01. The number of carbonyl (C=O) groups excluding carboxylic acids is 2. The van der Waals surface area contributed by atoms with Crippen LogP contribution in [0.4, 0.5) is 0 Å². The zero-order valence-electron chi connectivity index (χ0n) is 13.5. The van der Waals surface area contributed by atoms with E-state index in [-0.39, 0.29) is 24.0 Å². The molecule has 1 aromatic rings. The van der Waals surface area contributed by atoms with Crippen LogP contribution >= 0.6 is 0 Å². The minimum absolute atomic E-state index is 0.0897. The Labute approximate surface area is 135 Å². The summed E-state index contributed by atoms with van der Waals surface area (Å²) in [5, 5.41) is 7.50. The summed E-state index contributed by atoms with van der Waals surface area (Å²) in [6, 6.07) is 1.66. The topological polar surface area (TPSA) is 98.4 Å². The number of carbonyl (C=O) groups is 2. The van der Waals surface area contributed by atoms with Gasteiger partial charge in [0.25, 0.3) is 5.91 Å². The summed E-state index contributed by atoms with van der Waals surface area (Å²) in [7, 11) is 0. The van der Waals surface area contributed by atoms with Crippen molar-refractivity contribution >= 4 is 11.8 Å². The number of amides is 2. The molecule has 0 bridgehead atoms. The number of ether oxygens (including phenoxy) is 1. The fourth-order valence-corrected chi connectivity index (χ4v) is 4.10. The zero-order valence-corrected chi connectivity index (χ0v) is 13.5. The highest BCUT2D eigenvalue weighted by Crippen LogP contribution is 2.49. The summed E-state index contributed by atoms with van der Waals surface area (Å²) in [6.45, 7) is 4.63. The van der Waals surface area contributed by atoms with Crippen molar-refractivity contribution in [3.05, 3.63) is 24.0 Å². The second-order valence-corrected chi connectivity index (χ2v) is 7.01. The highest BCUT2D eigenvalue weighted by Gasteiger charge is 2.58. The van der Waals surface area contributed by atoms with E-state index in [0.29, 0.717) is 18.5 Å². The van der Waals surface area contributed by atoms with E-state index in [2.05, 4.69) is 10.2 Å². The van der Waals surface area contributed by atoms with Gasteiger partial charge in [-0.15, -0.1) is 0 Å². The third-order valence-electron chi connectivity index (χ3n) is 4.78. The minimum Gasteiger partial charge on any atom is -0.370 e. The van der Waals surface area contributed by atoms with Crippen LogP contribution in [-0.2, 0) is 9.53 Å². The van der Waals surface area contributed by atoms with E-state index >= 15 is 0 Å². The SMILES string of the molecule is CC1(C)C[C@]2(CCCN2C(=O)c2ccnnc2)[C@H](CC(N)=O)O1. The van der Waals surface area contributed by atoms with Crippen LogP contribution in [0.25, 0.3) is 0 Å². The number of primary amides is 1. The van der Waals surface area contributed by atoms with E-state index in [1.165, 1.54) is 12.4 Å². The van der Waals surface area contributed by atoms with E-state index in [1.54, 1.807) is 6.07 Å². The number of hydrogen-bond acceptors (Lipinski definition) is 5. The van der Waals surface area contributed by atoms with E-state index in [4.69, 9.17) is 10.5 Å². The van der Waals surface area contributed by atoms with Gasteiger partial charge in [-0.1, -0.05) is 0 Å². The largest absolute Gasteiger partial charge is 0.370 e. The third kappa shape index (κ3) is 2.81. The van der Waals surface area contributed by atoms with E-state index in [9.17, 15) is 9.59 Å². The van der Waals surface area contributed by atoms with Crippen LogP contribution in [0, 0.1) is 0 Å². The lowest BCUT2D eigenvalue weighted by Gasteiger charge is -2.38. The Morgan fingerprint density at radius 3 is 2.87 bits per heavy atom. The average molecular weight is 318 g/mol. The lowest BCUT2D eigenvalue weighted by atomic mass is 9.82. The van der Waals surface area contributed by atoms with Gasteiger partial charge in [-0.05, 0) is 32.8 Å². The maximum absolute atomic E-state index is 12.9. The molecule has 1 aromatic heterocycles. The van der Waals surface area contributed by atoms with Crippen molar-refractivity contribution < 1.29 is 14.3 Å². The molecule has 2 atom stereocenters. The molecule has 1 spiro atoms. The molecule has 2 N–H and O–H groups in total. The van der Waals surface area contributed by atoms with E-state index in [1.807, 2.05) is 18.7 Å². The van der Waals surface area contributed by atoms with Gasteiger partial charge in [0.05, 0.1) is 41.6 Å². The number of aromatic nitrogens is 2. The smallest absolute Gasteiger partial charge is 0.256 e. The molecule has 3 rings (SSSR count). The fourth-order valence-electron chi connectivity index (χ4n) is 4.10. The summed E-state index contributed by atoms with van der Waals surface area (Å²) in [4.78, 5) is 26.3. The molecule has 0 aliphatic carbocycles. The van der Waals surface area contributed by atoms with Crippen molar-refractivity contribution in [1.29, 1.82) is 0 Å². The van der Waals surface area contributed by atoms with Crippen LogP contribution in [0.3, 0.4) is 0 Å². The van der Waals surface area contributed by atoms with Crippen molar-refractivity contribution in [1.82, 2.24) is 15.1 Å². The molecule has 0 radical (unpaired) electrons. The first-order chi connectivity index (χ1) is 10.8. The Hall–Kier alpha value is -2.02. The van der Waals surface area contributed by atoms with Gasteiger partial charge in [0.15, 0.2) is 0 Å². The number of nitrogens with zero attached hydrogens (tertiary/aromatic N) is 3. The van der Waals surface area contributed by atoms with Crippen molar-refractivity contribution in [3.8, 4) is 0 Å². The molecule has 0 unspecified atom stereocenters. The van der Waals surface area contributed by atoms with Crippen LogP contribution in [0.2, 0.25) is 0 Å². The Kier molecular flexibility index (Phi) is 3.83. The quantitative estimate of drug-likeness (QED) is 0.892. The zero-order chi connectivity index (χ0) is 16.7. The monoisotopic (exact) mass is 318 g/mol. The van der Waals surface area contributed by atoms with Gasteiger partial charge in [0.2, 0.25) is 5.91 Å². The van der Waals surface area contributed by atoms with E-state index in [0.717, 1.165) is 12.8 Å². The summed E-state index contributed by atoms with van der Waals surface area (Å²) in [5.74, 6) is -0.495. The van der Waals surface area contributed by atoms with Crippen LogP contribution in [-0.4, -0.2) is 50.7 Å². The maximum Gasteiger partial charge on any atom is 0.256 e. The van der Waals surface area contributed by atoms with Gasteiger partial charge in [-0.2, -0.15) is 10.2 Å². The van der Waals surface area contributed by atoms with Crippen molar-refractivity contribution in [2.24, 2.45) is 5.73 Å². The first-order valence-corrected chi connectivity index (χ1v) is 7.89. The molecule has 0 aromatic carbocycles. The molecule has 2 fully saturated rings. The summed E-state index contributed by atoms with van der Waals surface area (Å²) < 4.78 is 6.09. The predicted octanol–water partition coefficient (Wildman–Crippen LogP) is 0.894. The molecule has 7 heteroatoms. The maximum atomic E-state index is 12.9. The third-order valence-corrected chi connectivity index (χ3v) is 4.78. The van der Waals surface area contributed by atoms with Crippen molar-refractivity contribution in [2.75, 3.05) is 6.54 Å². The molecule has 2 amide bonds. The normalized spacial score (nSPS) is 29.1. The molecule has 0 saturated carbocycles. The van der Waals surface area contributed by atoms with Gasteiger partial charge >= 0.3 is 0 Å². The standard InChI is InChI=1S/C16H22N4O3/c1-15(2)10-16(12(23-15)8-13(17)21)5-3-7-20(16)14(22)11-4-6-18-19-9-11/h4,6,9,12H,3,5,7-8,10H2,1-2H3,(H2,17,21)/t12-,16+/m0/s1. The van der Waals surface area contributed by atoms with Crippen molar-refractivity contribution in [3.63, 3.8) is 0 Å². The van der Waals surface area contributed by atoms with Gasteiger partial charge in [0.1, 0.15) is 0 Å². The first-order valence-electron chi connectivity index (χ1n) is 7.89. The highest BCUT2D eigenvalue weighted by molar-refractivity contribution is 5.94. The molecule has 2 aliphatic heterocycles. The van der Waals surface area contributed by atoms with Gasteiger partial charge in [-0.25, -0.2) is 0 Å². The molecule has 2 aliphatic rings. The number of rotatable bonds is 3. The molecule has 7 nitrogen and oxygen atoms in total. The minimum atomic E-state index is -0.473. The number of hydrogen-bond donors (Lipinski definition) is 1. The van der Waals surface area contributed by atoms with Crippen LogP contribution < -0.4 is 5.73 Å². The van der Waals surface area contributed by atoms with Crippen LogP contribution in [0.15, 0.2) is 18.5 Å². The lowest BCUT2D eigenvalue weighted by molar-refractivity contribution is -0.123. The molecular weight excluding hydrogens is 296 g/mol. The molecule has 23 heavy (non-hydrogen) atoms.